The van der Waals surface area contributed by atoms with Gasteiger partial charge in [0.1, 0.15) is 17.5 Å². The van der Waals surface area contributed by atoms with Crippen LogP contribution in [-0.4, -0.2) is 30.9 Å². The van der Waals surface area contributed by atoms with Crippen molar-refractivity contribution in [1.29, 1.82) is 0 Å². The summed E-state index contributed by atoms with van der Waals surface area (Å²) in [4.78, 5) is 34.6. The molecule has 0 saturated heterocycles. The van der Waals surface area contributed by atoms with Gasteiger partial charge in [0, 0.05) is 6.42 Å². The molecule has 20 heavy (non-hydrogen) atoms. The van der Waals surface area contributed by atoms with Crippen LogP contribution < -0.4 is 0 Å². The first-order valence-corrected chi connectivity index (χ1v) is 6.42. The van der Waals surface area contributed by atoms with E-state index in [-0.39, 0.29) is 31.2 Å². The summed E-state index contributed by atoms with van der Waals surface area (Å²) in [5.41, 5.74) is 0. The van der Waals surface area contributed by atoms with E-state index in [1.54, 1.807) is 19.9 Å². The molecule has 0 radical (unpaired) electrons. The van der Waals surface area contributed by atoms with Gasteiger partial charge in [-0.05, 0) is 32.9 Å². The van der Waals surface area contributed by atoms with Crippen LogP contribution in [0, 0.1) is 5.92 Å². The molecule has 6 nitrogen and oxygen atoms in total. The predicted octanol–water partition coefficient (Wildman–Crippen LogP) is 1.77. The van der Waals surface area contributed by atoms with Gasteiger partial charge in [0.25, 0.3) is 0 Å². The summed E-state index contributed by atoms with van der Waals surface area (Å²) >= 11 is 0. The largest absolute Gasteiger partial charge is 0.465 e. The fraction of sp³-hybridized carbons (Fsp3) is 0.500. The molecule has 1 unspecified atom stereocenters. The standard InChI is InChI=1S/C14H18O6/c1-4-18-13(16)11(9(3)15)8-10-6-7-12(20-10)14(17)19-5-2/h6-7,11H,4-5,8H2,1-3H3. The highest BCUT2D eigenvalue weighted by atomic mass is 16.5. The van der Waals surface area contributed by atoms with E-state index in [0.29, 0.717) is 5.76 Å². The third-order valence-corrected chi connectivity index (χ3v) is 2.61. The van der Waals surface area contributed by atoms with Crippen molar-refractivity contribution in [3.63, 3.8) is 0 Å². The summed E-state index contributed by atoms with van der Waals surface area (Å²) in [7, 11) is 0. The van der Waals surface area contributed by atoms with Crippen molar-refractivity contribution in [2.24, 2.45) is 5.92 Å². The smallest absolute Gasteiger partial charge is 0.374 e. The third kappa shape index (κ3) is 4.22. The Labute approximate surface area is 117 Å². The van der Waals surface area contributed by atoms with Crippen molar-refractivity contribution < 1.29 is 28.3 Å². The van der Waals surface area contributed by atoms with Crippen molar-refractivity contribution in [2.45, 2.75) is 27.2 Å². The third-order valence-electron chi connectivity index (χ3n) is 2.61. The number of Topliss-reactive ketones (excluding diaryl/α,β-unsaturated/α-hetero) is 1. The molecule has 1 atom stereocenters. The van der Waals surface area contributed by atoms with Crippen LogP contribution in [0.25, 0.3) is 0 Å². The second-order valence-electron chi connectivity index (χ2n) is 4.11. The topological polar surface area (TPSA) is 82.8 Å². The van der Waals surface area contributed by atoms with E-state index in [4.69, 9.17) is 13.9 Å². The zero-order valence-corrected chi connectivity index (χ0v) is 11.8. The average molecular weight is 282 g/mol. The van der Waals surface area contributed by atoms with Crippen molar-refractivity contribution in [3.05, 3.63) is 23.7 Å². The number of ketones is 1. The minimum absolute atomic E-state index is 0.0491. The molecular formula is C14H18O6. The molecule has 0 amide bonds. The number of rotatable bonds is 7. The van der Waals surface area contributed by atoms with Crippen LogP contribution in [0.5, 0.6) is 0 Å². The average Bonchev–Trinajstić information content (AvgIpc) is 2.84. The molecule has 0 N–H and O–H groups in total. The minimum atomic E-state index is -0.920. The van der Waals surface area contributed by atoms with Crippen LogP contribution in [0.4, 0.5) is 0 Å². The van der Waals surface area contributed by atoms with E-state index >= 15 is 0 Å². The Balaban J connectivity index is 2.77. The van der Waals surface area contributed by atoms with E-state index in [9.17, 15) is 14.4 Å². The molecule has 0 saturated carbocycles. The Morgan fingerprint density at radius 1 is 1.15 bits per heavy atom. The Morgan fingerprint density at radius 3 is 2.35 bits per heavy atom. The number of hydrogen-bond donors (Lipinski definition) is 0. The lowest BCUT2D eigenvalue weighted by Gasteiger charge is -2.10. The van der Waals surface area contributed by atoms with Crippen LogP contribution in [0.1, 0.15) is 37.1 Å². The van der Waals surface area contributed by atoms with Crippen LogP contribution in [0.15, 0.2) is 16.5 Å². The van der Waals surface area contributed by atoms with Crippen LogP contribution in [-0.2, 0) is 25.5 Å². The van der Waals surface area contributed by atoms with E-state index in [0.717, 1.165) is 0 Å². The second kappa shape index (κ2) is 7.47. The summed E-state index contributed by atoms with van der Waals surface area (Å²) < 4.78 is 14.9. The van der Waals surface area contributed by atoms with Crippen molar-refractivity contribution in [1.82, 2.24) is 0 Å². The molecule has 6 heteroatoms. The van der Waals surface area contributed by atoms with E-state index in [1.807, 2.05) is 0 Å². The van der Waals surface area contributed by atoms with Gasteiger partial charge in [-0.2, -0.15) is 0 Å². The van der Waals surface area contributed by atoms with Gasteiger partial charge in [0.05, 0.1) is 13.2 Å². The van der Waals surface area contributed by atoms with Gasteiger partial charge in [0.2, 0.25) is 5.76 Å². The first-order valence-electron chi connectivity index (χ1n) is 6.42. The number of carbonyl (C=O) groups excluding carboxylic acids is 3. The number of carbonyl (C=O) groups is 3. The van der Waals surface area contributed by atoms with Crippen LogP contribution >= 0.6 is 0 Å². The molecule has 110 valence electrons. The number of furan rings is 1. The van der Waals surface area contributed by atoms with Gasteiger partial charge in [-0.25, -0.2) is 4.79 Å². The first-order chi connectivity index (χ1) is 9.49. The van der Waals surface area contributed by atoms with Crippen LogP contribution in [0.3, 0.4) is 0 Å². The minimum Gasteiger partial charge on any atom is -0.465 e. The van der Waals surface area contributed by atoms with Crippen molar-refractivity contribution in [3.8, 4) is 0 Å². The molecule has 0 aliphatic heterocycles. The summed E-state index contributed by atoms with van der Waals surface area (Å²) in [6, 6.07) is 3.00. The van der Waals surface area contributed by atoms with Gasteiger partial charge in [0.15, 0.2) is 0 Å². The summed E-state index contributed by atoms with van der Waals surface area (Å²) in [6.07, 6.45) is 0.0631. The van der Waals surface area contributed by atoms with E-state index in [2.05, 4.69) is 0 Å². The van der Waals surface area contributed by atoms with Gasteiger partial charge in [-0.3, -0.25) is 9.59 Å². The molecule has 1 rings (SSSR count). The second-order valence-corrected chi connectivity index (χ2v) is 4.11. The van der Waals surface area contributed by atoms with Gasteiger partial charge < -0.3 is 13.9 Å². The fourth-order valence-corrected chi connectivity index (χ4v) is 1.64. The lowest BCUT2D eigenvalue weighted by atomic mass is 10.00. The Hall–Kier alpha value is -2.11. The number of esters is 2. The molecular weight excluding hydrogens is 264 g/mol. The lowest BCUT2D eigenvalue weighted by molar-refractivity contribution is -0.151. The highest BCUT2D eigenvalue weighted by Gasteiger charge is 2.26. The lowest BCUT2D eigenvalue weighted by Crippen LogP contribution is -2.26. The Morgan fingerprint density at radius 2 is 1.80 bits per heavy atom. The van der Waals surface area contributed by atoms with E-state index in [1.165, 1.54) is 13.0 Å². The highest BCUT2D eigenvalue weighted by molar-refractivity contribution is 5.98. The molecule has 0 aliphatic rings. The zero-order chi connectivity index (χ0) is 15.1. The maximum atomic E-state index is 11.7. The first kappa shape index (κ1) is 15.9. The summed E-state index contributed by atoms with van der Waals surface area (Å²) in [5.74, 6) is -1.98. The van der Waals surface area contributed by atoms with Gasteiger partial charge >= 0.3 is 11.9 Å². The maximum absolute atomic E-state index is 11.7. The fourth-order valence-electron chi connectivity index (χ4n) is 1.64. The van der Waals surface area contributed by atoms with Gasteiger partial charge in [-0.15, -0.1) is 0 Å². The zero-order valence-electron chi connectivity index (χ0n) is 11.8. The molecule has 1 heterocycles. The summed E-state index contributed by atoms with van der Waals surface area (Å²) in [5, 5.41) is 0. The quantitative estimate of drug-likeness (QED) is 0.560. The number of ether oxygens (including phenoxy) is 2. The molecule has 1 aromatic heterocycles. The number of hydrogen-bond acceptors (Lipinski definition) is 6. The molecule has 1 aromatic rings. The SMILES string of the molecule is CCOC(=O)c1ccc(CC(C(C)=O)C(=O)OCC)o1. The maximum Gasteiger partial charge on any atom is 0.374 e. The Kier molecular flexibility index (Phi) is 5.96. The molecule has 0 fully saturated rings. The molecule has 0 aromatic carbocycles. The summed E-state index contributed by atoms with van der Waals surface area (Å²) in [6.45, 7) is 5.12. The highest BCUT2D eigenvalue weighted by Crippen LogP contribution is 2.16. The molecule has 0 aliphatic carbocycles. The normalized spacial score (nSPS) is 11.8. The molecule has 0 spiro atoms. The monoisotopic (exact) mass is 282 g/mol. The predicted molar refractivity (Wildman–Crippen MR) is 69.2 cm³/mol. The van der Waals surface area contributed by atoms with Crippen molar-refractivity contribution in [2.75, 3.05) is 13.2 Å². The van der Waals surface area contributed by atoms with Crippen molar-refractivity contribution >= 4 is 17.7 Å². The molecule has 0 bridgehead atoms. The van der Waals surface area contributed by atoms with Gasteiger partial charge in [-0.1, -0.05) is 0 Å². The van der Waals surface area contributed by atoms with Crippen LogP contribution in [0.2, 0.25) is 0 Å². The van der Waals surface area contributed by atoms with E-state index < -0.39 is 17.9 Å². The Bertz CT molecular complexity index is 488.